The number of hydrogen-bond donors (Lipinski definition) is 2. The summed E-state index contributed by atoms with van der Waals surface area (Å²) in [7, 11) is 1.71. The Balaban J connectivity index is 1.59. The first-order chi connectivity index (χ1) is 14.5. The smallest absolute Gasteiger partial charge is 0.350 e. The third-order valence-corrected chi connectivity index (χ3v) is 5.66. The van der Waals surface area contributed by atoms with Crippen molar-refractivity contribution in [2.45, 2.75) is 33.4 Å². The van der Waals surface area contributed by atoms with Gasteiger partial charge in [-0.1, -0.05) is 18.2 Å². The van der Waals surface area contributed by atoms with Crippen LogP contribution in [0.5, 0.6) is 0 Å². The van der Waals surface area contributed by atoms with Crippen LogP contribution in [0.4, 0.5) is 0 Å². The molecule has 0 bridgehead atoms. The Hall–Kier alpha value is -3.20. The van der Waals surface area contributed by atoms with E-state index in [1.54, 1.807) is 14.0 Å². The molecule has 3 aromatic rings. The first kappa shape index (κ1) is 21.5. The lowest BCUT2D eigenvalue weighted by molar-refractivity contribution is 0.0531. The molecule has 2 heterocycles. The molecule has 0 aliphatic carbocycles. The second-order valence-electron chi connectivity index (χ2n) is 6.61. The van der Waals surface area contributed by atoms with Crippen LogP contribution in [0.15, 0.2) is 47.7 Å². The van der Waals surface area contributed by atoms with Crippen LogP contribution >= 0.6 is 11.3 Å². The minimum atomic E-state index is -0.330. The molecule has 8 nitrogen and oxygen atoms in total. The number of rotatable bonds is 7. The fourth-order valence-corrected chi connectivity index (χ4v) is 3.77. The molecule has 0 aliphatic heterocycles. The molecule has 3 rings (SSSR count). The Bertz CT molecular complexity index is 1010. The van der Waals surface area contributed by atoms with Gasteiger partial charge in [0.05, 0.1) is 30.2 Å². The van der Waals surface area contributed by atoms with Gasteiger partial charge in [-0.15, -0.1) is 11.3 Å². The molecule has 0 aliphatic rings. The fraction of sp³-hybridized carbons (Fsp3) is 0.333. The molecule has 30 heavy (non-hydrogen) atoms. The van der Waals surface area contributed by atoms with Gasteiger partial charge in [0.2, 0.25) is 0 Å². The summed E-state index contributed by atoms with van der Waals surface area (Å²) < 4.78 is 6.93. The van der Waals surface area contributed by atoms with Crippen molar-refractivity contribution in [2.24, 2.45) is 4.99 Å². The van der Waals surface area contributed by atoms with Crippen molar-refractivity contribution in [3.8, 4) is 5.69 Å². The highest BCUT2D eigenvalue weighted by Crippen LogP contribution is 2.24. The standard InChI is InChI=1S/C21H26N6O2S/c1-5-29-20(28)18-14(2)25-19(30-18)15(3)26-21(22-4)23-11-16-12-24-27(13-16)17-9-7-6-8-10-17/h6-10,12-13,15H,5,11H2,1-4H3,(H2,22,23,26). The Labute approximate surface area is 180 Å². The molecule has 0 saturated heterocycles. The number of carbonyl (C=O) groups is 1. The van der Waals surface area contributed by atoms with Crippen LogP contribution in [0.3, 0.4) is 0 Å². The summed E-state index contributed by atoms with van der Waals surface area (Å²) in [5.74, 6) is 0.310. The van der Waals surface area contributed by atoms with Crippen molar-refractivity contribution in [3.05, 3.63) is 63.9 Å². The molecule has 2 aromatic heterocycles. The number of aromatic nitrogens is 3. The van der Waals surface area contributed by atoms with E-state index in [-0.39, 0.29) is 12.0 Å². The number of benzene rings is 1. The second-order valence-corrected chi connectivity index (χ2v) is 7.64. The monoisotopic (exact) mass is 426 g/mol. The maximum atomic E-state index is 12.0. The molecule has 158 valence electrons. The quantitative estimate of drug-likeness (QED) is 0.342. The Kier molecular flexibility index (Phi) is 7.18. The van der Waals surface area contributed by atoms with Gasteiger partial charge >= 0.3 is 5.97 Å². The van der Waals surface area contributed by atoms with Crippen LogP contribution in [-0.4, -0.2) is 40.3 Å². The Morgan fingerprint density at radius 2 is 2.10 bits per heavy atom. The van der Waals surface area contributed by atoms with Crippen molar-refractivity contribution in [3.63, 3.8) is 0 Å². The van der Waals surface area contributed by atoms with E-state index in [0.29, 0.717) is 29.7 Å². The van der Waals surface area contributed by atoms with Gasteiger partial charge in [-0.2, -0.15) is 5.10 Å². The van der Waals surface area contributed by atoms with E-state index in [0.717, 1.165) is 16.3 Å². The highest BCUT2D eigenvalue weighted by molar-refractivity contribution is 7.13. The van der Waals surface area contributed by atoms with Crippen molar-refractivity contribution in [1.29, 1.82) is 0 Å². The van der Waals surface area contributed by atoms with Crippen LogP contribution in [0.1, 0.15) is 45.8 Å². The number of aliphatic imine (C=N–C) groups is 1. The lowest BCUT2D eigenvalue weighted by Gasteiger charge is -2.15. The number of thiazole rings is 1. The second kappa shape index (κ2) is 10.0. The lowest BCUT2D eigenvalue weighted by Crippen LogP contribution is -2.38. The van der Waals surface area contributed by atoms with Gasteiger partial charge in [-0.05, 0) is 32.9 Å². The van der Waals surface area contributed by atoms with Crippen molar-refractivity contribution in [1.82, 2.24) is 25.4 Å². The molecule has 0 fully saturated rings. The van der Waals surface area contributed by atoms with Crippen molar-refractivity contribution >= 4 is 23.3 Å². The molecule has 2 N–H and O–H groups in total. The van der Waals surface area contributed by atoms with E-state index in [9.17, 15) is 4.79 Å². The molecular weight excluding hydrogens is 400 g/mol. The fourth-order valence-electron chi connectivity index (χ4n) is 2.81. The molecule has 9 heteroatoms. The predicted molar refractivity (Wildman–Crippen MR) is 118 cm³/mol. The summed E-state index contributed by atoms with van der Waals surface area (Å²) in [6, 6.07) is 9.84. The number of nitrogens with one attached hydrogen (secondary N) is 2. The summed E-state index contributed by atoms with van der Waals surface area (Å²) in [4.78, 5) is 21.4. The third-order valence-electron chi connectivity index (χ3n) is 4.34. The van der Waals surface area contributed by atoms with E-state index in [1.165, 1.54) is 11.3 Å². The summed E-state index contributed by atoms with van der Waals surface area (Å²) in [5.41, 5.74) is 2.72. The maximum absolute atomic E-state index is 12.0. The average molecular weight is 427 g/mol. The molecule has 0 saturated carbocycles. The number of guanidine groups is 1. The number of para-hydroxylation sites is 1. The SMILES string of the molecule is CCOC(=O)c1sc(C(C)NC(=NC)NCc2cnn(-c3ccccc3)c2)nc1C. The normalized spacial score (nSPS) is 12.5. The first-order valence-corrected chi connectivity index (χ1v) is 10.5. The highest BCUT2D eigenvalue weighted by atomic mass is 32.1. The number of aryl methyl sites for hydroxylation is 1. The van der Waals surface area contributed by atoms with Gasteiger partial charge in [-0.25, -0.2) is 14.5 Å². The predicted octanol–water partition coefficient (Wildman–Crippen LogP) is 3.24. The first-order valence-electron chi connectivity index (χ1n) is 9.72. The third kappa shape index (κ3) is 5.24. The number of nitrogens with zero attached hydrogens (tertiary/aromatic N) is 4. The van der Waals surface area contributed by atoms with Crippen LogP contribution in [-0.2, 0) is 11.3 Å². The zero-order valence-electron chi connectivity index (χ0n) is 17.5. The van der Waals surface area contributed by atoms with Gasteiger partial charge in [0.15, 0.2) is 5.96 Å². The van der Waals surface area contributed by atoms with Gasteiger partial charge < -0.3 is 15.4 Å². The molecule has 0 radical (unpaired) electrons. The van der Waals surface area contributed by atoms with Crippen molar-refractivity contribution in [2.75, 3.05) is 13.7 Å². The Morgan fingerprint density at radius 1 is 1.33 bits per heavy atom. The summed E-state index contributed by atoms with van der Waals surface area (Å²) in [6.45, 7) is 6.50. The summed E-state index contributed by atoms with van der Waals surface area (Å²) in [6.07, 6.45) is 3.81. The molecule has 1 atom stereocenters. The highest BCUT2D eigenvalue weighted by Gasteiger charge is 2.20. The van der Waals surface area contributed by atoms with Crippen LogP contribution in [0, 0.1) is 6.92 Å². The van der Waals surface area contributed by atoms with Gasteiger partial charge in [0.1, 0.15) is 9.88 Å². The number of ether oxygens (including phenoxy) is 1. The average Bonchev–Trinajstić information content (AvgIpc) is 3.38. The number of carbonyl (C=O) groups excluding carboxylic acids is 1. The molecular formula is C21H26N6O2S. The zero-order chi connectivity index (χ0) is 21.5. The van der Waals surface area contributed by atoms with Crippen LogP contribution < -0.4 is 10.6 Å². The van der Waals surface area contributed by atoms with E-state index < -0.39 is 0 Å². The van der Waals surface area contributed by atoms with Crippen LogP contribution in [0.25, 0.3) is 5.69 Å². The maximum Gasteiger partial charge on any atom is 0.350 e. The van der Waals surface area contributed by atoms with Gasteiger partial charge in [0.25, 0.3) is 0 Å². The van der Waals surface area contributed by atoms with Gasteiger partial charge in [-0.3, -0.25) is 4.99 Å². The molecule has 0 spiro atoms. The van der Waals surface area contributed by atoms with Gasteiger partial charge in [0, 0.05) is 25.4 Å². The minimum absolute atomic E-state index is 0.116. The summed E-state index contributed by atoms with van der Waals surface area (Å²) in [5, 5.41) is 11.8. The minimum Gasteiger partial charge on any atom is -0.462 e. The molecule has 1 aromatic carbocycles. The molecule has 1 unspecified atom stereocenters. The van der Waals surface area contributed by atoms with E-state index in [1.807, 2.05) is 61.3 Å². The van der Waals surface area contributed by atoms with E-state index in [4.69, 9.17) is 4.74 Å². The summed E-state index contributed by atoms with van der Waals surface area (Å²) >= 11 is 1.34. The lowest BCUT2D eigenvalue weighted by atomic mass is 10.3. The Morgan fingerprint density at radius 3 is 2.80 bits per heavy atom. The molecule has 0 amide bonds. The van der Waals surface area contributed by atoms with Crippen LogP contribution in [0.2, 0.25) is 0 Å². The number of hydrogen-bond acceptors (Lipinski definition) is 6. The largest absolute Gasteiger partial charge is 0.462 e. The van der Waals surface area contributed by atoms with Crippen molar-refractivity contribution < 1.29 is 9.53 Å². The topological polar surface area (TPSA) is 93.4 Å². The van der Waals surface area contributed by atoms with E-state index >= 15 is 0 Å². The zero-order valence-corrected chi connectivity index (χ0v) is 18.4. The number of esters is 1. The van der Waals surface area contributed by atoms with E-state index in [2.05, 4.69) is 25.7 Å².